The van der Waals surface area contributed by atoms with E-state index in [-0.39, 0.29) is 53.6 Å². The lowest BCUT2D eigenvalue weighted by Gasteiger charge is -2.14. The zero-order valence-electron chi connectivity index (χ0n) is 27.9. The Morgan fingerprint density at radius 3 is 2.25 bits per heavy atom. The summed E-state index contributed by atoms with van der Waals surface area (Å²) in [4.78, 5) is 75.6. The Balaban J connectivity index is 0.00000392. The Kier molecular flexibility index (Phi) is 18.9. The first-order valence-electron chi connectivity index (χ1n) is 16.3. The van der Waals surface area contributed by atoms with Gasteiger partial charge < -0.3 is 21.5 Å². The van der Waals surface area contributed by atoms with Gasteiger partial charge >= 0.3 is 5.97 Å². The van der Waals surface area contributed by atoms with E-state index < -0.39 is 23.5 Å². The molecule has 15 heteroatoms. The molecule has 3 aromatic rings. The molecule has 2 heterocycles. The number of aromatic nitrogens is 4. The number of anilines is 2. The topological polar surface area (TPSA) is 210 Å². The average Bonchev–Trinajstić information content (AvgIpc) is 3.08. The third kappa shape index (κ3) is 14.8. The van der Waals surface area contributed by atoms with Crippen molar-refractivity contribution in [3.63, 3.8) is 0 Å². The predicted octanol–water partition coefficient (Wildman–Crippen LogP) is 5.56. The molecule has 2 aromatic heterocycles. The lowest BCUT2D eigenvalue weighted by Crippen LogP contribution is -2.41. The van der Waals surface area contributed by atoms with Crippen LogP contribution < -0.4 is 21.9 Å². The summed E-state index contributed by atoms with van der Waals surface area (Å²) in [5.41, 5.74) is 6.63. The van der Waals surface area contributed by atoms with Crippen molar-refractivity contribution in [3.05, 3.63) is 52.1 Å². The second-order valence-electron chi connectivity index (χ2n) is 10.7. The number of nitrogens with zero attached hydrogens (tertiary/aromatic N) is 3. The van der Waals surface area contributed by atoms with Crippen LogP contribution in [0.3, 0.4) is 0 Å². The van der Waals surface area contributed by atoms with E-state index in [2.05, 4.69) is 37.5 Å². The van der Waals surface area contributed by atoms with Gasteiger partial charge in [0.1, 0.15) is 17.6 Å². The third-order valence-electron chi connectivity index (χ3n) is 6.96. The van der Waals surface area contributed by atoms with Gasteiger partial charge in [-0.05, 0) is 49.9 Å². The van der Waals surface area contributed by atoms with Crippen molar-refractivity contribution in [2.45, 2.75) is 97.6 Å². The molecule has 0 saturated carbocycles. The van der Waals surface area contributed by atoms with Crippen LogP contribution in [0.1, 0.15) is 101 Å². The fourth-order valence-corrected chi connectivity index (χ4v) is 6.60. The quantitative estimate of drug-likeness (QED) is 0.0643. The minimum atomic E-state index is -1.21. The number of benzene rings is 1. The Bertz CT molecular complexity index is 1540. The van der Waals surface area contributed by atoms with E-state index in [0.29, 0.717) is 37.1 Å². The van der Waals surface area contributed by atoms with Crippen molar-refractivity contribution in [3.8, 4) is 0 Å². The number of carbonyl (C=O) groups is 4. The Hall–Kier alpha value is -3.98. The second-order valence-corrected chi connectivity index (χ2v) is 13.4. The second kappa shape index (κ2) is 22.6. The monoisotopic (exact) mass is 701 g/mol. The molecular formula is C33H47N7O6S2. The normalized spacial score (nSPS) is 11.3. The first-order chi connectivity index (χ1) is 23.2. The number of carboxylic acid groups (broad SMARTS) is 1. The molecular weight excluding hydrogens is 655 g/mol. The van der Waals surface area contributed by atoms with Gasteiger partial charge in [-0.2, -0.15) is 4.98 Å². The lowest BCUT2D eigenvalue weighted by molar-refractivity contribution is -0.139. The number of nitrogens with one attached hydrogen (secondary N) is 3. The van der Waals surface area contributed by atoms with Gasteiger partial charge in [0.15, 0.2) is 11.2 Å². The smallest absolute Gasteiger partial charge is 0.326 e. The van der Waals surface area contributed by atoms with Crippen molar-refractivity contribution >= 4 is 67.8 Å². The Labute approximate surface area is 288 Å². The molecule has 0 aliphatic carbocycles. The number of hydrogen-bond acceptors (Lipinski definition) is 12. The van der Waals surface area contributed by atoms with E-state index in [1.807, 2.05) is 24.6 Å². The van der Waals surface area contributed by atoms with E-state index in [9.17, 15) is 29.1 Å². The van der Waals surface area contributed by atoms with Crippen LogP contribution in [0.15, 0.2) is 35.3 Å². The Morgan fingerprint density at radius 1 is 0.917 bits per heavy atom. The van der Waals surface area contributed by atoms with E-state index >= 15 is 0 Å². The number of rotatable bonds is 22. The molecule has 0 bridgehead atoms. The molecule has 1 aromatic carbocycles. The first-order valence-corrected chi connectivity index (χ1v) is 18.8. The summed E-state index contributed by atoms with van der Waals surface area (Å²) in [6, 6.07) is 5.18. The maximum absolute atomic E-state index is 12.7. The SMILES string of the molecule is CC.CCCCSSCCC(=O)CCCCCC(=O)CCC(NC(=O)c1ccc(NCc2cnc3nc(N)[nH]c(=O)c3n2)cc1)C(=O)O. The number of aliphatic carboxylic acids is 1. The fourth-order valence-electron chi connectivity index (χ4n) is 4.34. The van der Waals surface area contributed by atoms with E-state index in [1.54, 1.807) is 35.1 Å². The third-order valence-corrected chi connectivity index (χ3v) is 9.45. The van der Waals surface area contributed by atoms with Crippen LogP contribution in [0.2, 0.25) is 0 Å². The maximum atomic E-state index is 12.7. The summed E-state index contributed by atoms with van der Waals surface area (Å²) >= 11 is 0. The number of unbranched alkanes of at least 4 members (excludes halogenated alkanes) is 3. The van der Waals surface area contributed by atoms with Crippen molar-refractivity contribution in [1.29, 1.82) is 0 Å². The largest absolute Gasteiger partial charge is 0.480 e. The van der Waals surface area contributed by atoms with Crippen molar-refractivity contribution in [1.82, 2.24) is 25.3 Å². The molecule has 0 aliphatic heterocycles. The van der Waals surface area contributed by atoms with Crippen molar-refractivity contribution < 1.29 is 24.3 Å². The summed E-state index contributed by atoms with van der Waals surface area (Å²) in [5, 5.41) is 15.2. The van der Waals surface area contributed by atoms with Gasteiger partial charge in [-0.3, -0.25) is 24.2 Å². The van der Waals surface area contributed by atoms with Crippen LogP contribution >= 0.6 is 21.6 Å². The molecule has 1 amide bonds. The first kappa shape index (κ1) is 40.2. The van der Waals surface area contributed by atoms with Gasteiger partial charge in [0.2, 0.25) is 5.95 Å². The summed E-state index contributed by atoms with van der Waals surface area (Å²) < 4.78 is 0. The number of nitrogen functional groups attached to an aromatic ring is 1. The highest BCUT2D eigenvalue weighted by molar-refractivity contribution is 8.76. The molecule has 0 radical (unpaired) electrons. The molecule has 0 saturated heterocycles. The molecule has 13 nitrogen and oxygen atoms in total. The van der Waals surface area contributed by atoms with E-state index in [0.717, 1.165) is 24.3 Å². The van der Waals surface area contributed by atoms with Crippen LogP contribution in [-0.4, -0.2) is 66.0 Å². The standard InChI is InChI=1S/C31H41N7O6S2.C2H6/c1-2-3-16-45-46-17-15-24(40)8-6-4-5-7-23(39)13-14-25(30(43)44)36-28(41)20-9-11-21(12-10-20)33-18-22-19-34-27-26(35-22)29(42)38-31(32)37-27;1-2/h9-12,19,25,33H,2-8,13-18H2,1H3,(H,36,41)(H,43,44)(H3,32,34,37,38,42);1-2H3. The van der Waals surface area contributed by atoms with Gasteiger partial charge in [0, 0.05) is 48.4 Å². The molecule has 48 heavy (non-hydrogen) atoms. The number of amides is 1. The van der Waals surface area contributed by atoms with Gasteiger partial charge in [-0.15, -0.1) is 0 Å². The number of carbonyl (C=O) groups excluding carboxylic acids is 3. The minimum Gasteiger partial charge on any atom is -0.480 e. The van der Waals surface area contributed by atoms with Crippen molar-refractivity contribution in [2.75, 3.05) is 22.6 Å². The summed E-state index contributed by atoms with van der Waals surface area (Å²) in [6.07, 6.45) is 7.45. The lowest BCUT2D eigenvalue weighted by atomic mass is 10.0. The minimum absolute atomic E-state index is 0.0102. The number of carboxylic acids is 1. The van der Waals surface area contributed by atoms with Crippen LogP contribution in [0.5, 0.6) is 0 Å². The number of Topliss-reactive ketones (excluding diaryl/α,β-unsaturated/α-hetero) is 2. The number of ketones is 2. The van der Waals surface area contributed by atoms with Gasteiger partial charge in [-0.1, -0.05) is 55.2 Å². The fraction of sp³-hybridized carbons (Fsp3) is 0.515. The summed E-state index contributed by atoms with van der Waals surface area (Å²) in [7, 11) is 3.57. The van der Waals surface area contributed by atoms with Crippen LogP contribution in [0.4, 0.5) is 11.6 Å². The molecule has 6 N–H and O–H groups in total. The maximum Gasteiger partial charge on any atom is 0.326 e. The molecule has 3 rings (SSSR count). The molecule has 262 valence electrons. The highest BCUT2D eigenvalue weighted by Gasteiger charge is 2.21. The molecule has 1 unspecified atom stereocenters. The van der Waals surface area contributed by atoms with Crippen LogP contribution in [0, 0.1) is 0 Å². The summed E-state index contributed by atoms with van der Waals surface area (Å²) in [5.74, 6) is 0.300. The van der Waals surface area contributed by atoms with Crippen molar-refractivity contribution in [2.24, 2.45) is 0 Å². The molecule has 0 spiro atoms. The molecule has 0 aliphatic rings. The zero-order valence-corrected chi connectivity index (χ0v) is 29.5. The van der Waals surface area contributed by atoms with E-state index in [4.69, 9.17) is 5.73 Å². The van der Waals surface area contributed by atoms with Gasteiger partial charge in [-0.25, -0.2) is 14.8 Å². The number of fused-ring (bicyclic) bond motifs is 1. The number of H-pyrrole nitrogens is 1. The number of aromatic amines is 1. The zero-order chi connectivity index (χ0) is 35.3. The van der Waals surface area contributed by atoms with Gasteiger partial charge in [0.25, 0.3) is 11.5 Å². The predicted molar refractivity (Wildman–Crippen MR) is 193 cm³/mol. The molecule has 0 fully saturated rings. The van der Waals surface area contributed by atoms with Crippen LogP contribution in [-0.2, 0) is 20.9 Å². The molecule has 1 atom stereocenters. The van der Waals surface area contributed by atoms with E-state index in [1.165, 1.54) is 19.0 Å². The highest BCUT2D eigenvalue weighted by atomic mass is 33.1. The highest BCUT2D eigenvalue weighted by Crippen LogP contribution is 2.23. The van der Waals surface area contributed by atoms with Crippen LogP contribution in [0.25, 0.3) is 11.2 Å². The number of hydrogen-bond donors (Lipinski definition) is 5. The Morgan fingerprint density at radius 2 is 1.58 bits per heavy atom. The summed E-state index contributed by atoms with van der Waals surface area (Å²) in [6.45, 7) is 6.40. The average molecular weight is 702 g/mol. The number of nitrogens with two attached hydrogens (primary N) is 1. The van der Waals surface area contributed by atoms with Gasteiger partial charge in [0.05, 0.1) is 18.4 Å².